The number of hydrogen-bond donors (Lipinski definition) is 6. The predicted octanol–water partition coefficient (Wildman–Crippen LogP) is 6.38. The quantitative estimate of drug-likeness (QED) is 0.0381. The molecular weight excluding hydrogens is 598 g/mol. The number of amides is 1. The molecule has 0 aromatic carbocycles. The molecule has 1 heterocycles. The Morgan fingerprint density at radius 3 is 1.77 bits per heavy atom. The van der Waals surface area contributed by atoms with Crippen molar-refractivity contribution in [3.63, 3.8) is 0 Å². The molecule has 1 amide bonds. The molecule has 0 aromatic heterocycles. The van der Waals surface area contributed by atoms with Crippen molar-refractivity contribution in [1.82, 2.24) is 5.32 Å². The van der Waals surface area contributed by atoms with Gasteiger partial charge in [-0.1, -0.05) is 134 Å². The number of carbonyl (C=O) groups is 1. The highest BCUT2D eigenvalue weighted by Gasteiger charge is 2.44. The van der Waals surface area contributed by atoms with Crippen LogP contribution in [0.15, 0.2) is 24.3 Å². The SMILES string of the molecule is CCC/C=C/C(O)C(COC1OC(CO)C(O)C(O)C1O)NC(=O)CCCCCCCCCCC/C=C\CCCCCCCCCC. The zero-order chi connectivity index (χ0) is 34.5. The van der Waals surface area contributed by atoms with Crippen LogP contribution in [0.25, 0.3) is 0 Å². The Morgan fingerprint density at radius 2 is 1.23 bits per heavy atom. The van der Waals surface area contributed by atoms with Gasteiger partial charge >= 0.3 is 0 Å². The Bertz CT molecular complexity index is 792. The van der Waals surface area contributed by atoms with E-state index in [9.17, 15) is 30.3 Å². The van der Waals surface area contributed by atoms with Crippen molar-refractivity contribution in [3.8, 4) is 0 Å². The predicted molar refractivity (Wildman–Crippen MR) is 189 cm³/mol. The van der Waals surface area contributed by atoms with Crippen LogP contribution in [-0.4, -0.2) is 87.5 Å². The molecule has 0 aromatic rings. The average molecular weight is 670 g/mol. The van der Waals surface area contributed by atoms with Crippen molar-refractivity contribution in [2.75, 3.05) is 13.2 Å². The largest absolute Gasteiger partial charge is 0.394 e. The molecule has 0 bridgehead atoms. The van der Waals surface area contributed by atoms with Gasteiger partial charge in [0.2, 0.25) is 5.91 Å². The standard InChI is InChI=1S/C38H71NO8/c1-3-5-7-8-9-10-11-12-13-14-15-16-17-18-19-20-21-22-23-24-26-28-34(42)39-31(32(41)27-25-6-4-2)30-46-38-37(45)36(44)35(43)33(29-40)47-38/h14-15,25,27,31-33,35-38,40-41,43-45H,3-13,16-24,26,28-30H2,1-2H3,(H,39,42)/b15-14-,27-25+. The Labute approximate surface area is 286 Å². The lowest BCUT2D eigenvalue weighted by atomic mass is 9.99. The maximum atomic E-state index is 12.7. The van der Waals surface area contributed by atoms with Gasteiger partial charge in [-0.3, -0.25) is 4.79 Å². The minimum Gasteiger partial charge on any atom is -0.394 e. The topological polar surface area (TPSA) is 149 Å². The molecule has 0 spiro atoms. The molecule has 7 atom stereocenters. The molecule has 7 unspecified atom stereocenters. The normalized spacial score (nSPS) is 23.1. The fourth-order valence-corrected chi connectivity index (χ4v) is 5.86. The first-order chi connectivity index (χ1) is 22.8. The van der Waals surface area contributed by atoms with Crippen LogP contribution in [0.5, 0.6) is 0 Å². The van der Waals surface area contributed by atoms with Crippen LogP contribution in [0.4, 0.5) is 0 Å². The van der Waals surface area contributed by atoms with E-state index in [2.05, 4.69) is 24.4 Å². The highest BCUT2D eigenvalue weighted by Crippen LogP contribution is 2.22. The van der Waals surface area contributed by atoms with Gasteiger partial charge in [-0.25, -0.2) is 0 Å². The highest BCUT2D eigenvalue weighted by atomic mass is 16.7. The maximum Gasteiger partial charge on any atom is 0.220 e. The summed E-state index contributed by atoms with van der Waals surface area (Å²) in [6, 6.07) is -0.798. The zero-order valence-corrected chi connectivity index (χ0v) is 29.8. The lowest BCUT2D eigenvalue weighted by molar-refractivity contribution is -0.302. The average Bonchev–Trinajstić information content (AvgIpc) is 3.07. The van der Waals surface area contributed by atoms with Crippen molar-refractivity contribution in [2.45, 2.75) is 198 Å². The minimum absolute atomic E-state index is 0.192. The molecule has 0 aliphatic carbocycles. The van der Waals surface area contributed by atoms with Gasteiger partial charge in [0, 0.05) is 6.42 Å². The number of nitrogens with one attached hydrogen (secondary N) is 1. The third-order valence-corrected chi connectivity index (χ3v) is 9.00. The van der Waals surface area contributed by atoms with Gasteiger partial charge in [0.1, 0.15) is 24.4 Å². The second-order valence-electron chi connectivity index (χ2n) is 13.4. The first-order valence-electron chi connectivity index (χ1n) is 19.1. The van der Waals surface area contributed by atoms with Crippen molar-refractivity contribution in [2.24, 2.45) is 0 Å². The van der Waals surface area contributed by atoms with Crippen LogP contribution in [0.1, 0.15) is 155 Å². The summed E-state index contributed by atoms with van der Waals surface area (Å²) in [5, 5.41) is 53.2. The lowest BCUT2D eigenvalue weighted by Gasteiger charge is -2.40. The van der Waals surface area contributed by atoms with Crippen LogP contribution in [0, 0.1) is 0 Å². The molecule has 276 valence electrons. The molecular formula is C38H71NO8. The van der Waals surface area contributed by atoms with E-state index in [1.165, 1.54) is 103 Å². The van der Waals surface area contributed by atoms with E-state index in [-0.39, 0.29) is 12.5 Å². The second kappa shape index (κ2) is 29.6. The number of ether oxygens (including phenoxy) is 2. The summed E-state index contributed by atoms with van der Waals surface area (Å²) in [4.78, 5) is 12.7. The number of aliphatic hydroxyl groups is 5. The van der Waals surface area contributed by atoms with E-state index >= 15 is 0 Å². The third-order valence-electron chi connectivity index (χ3n) is 9.00. The van der Waals surface area contributed by atoms with Crippen LogP contribution >= 0.6 is 0 Å². The van der Waals surface area contributed by atoms with Gasteiger partial charge < -0.3 is 40.3 Å². The van der Waals surface area contributed by atoms with E-state index in [0.29, 0.717) is 6.42 Å². The van der Waals surface area contributed by atoms with Crippen LogP contribution in [-0.2, 0) is 14.3 Å². The Balaban J connectivity index is 2.17. The molecule has 9 heteroatoms. The summed E-state index contributed by atoms with van der Waals surface area (Å²) in [5.74, 6) is -0.192. The Morgan fingerprint density at radius 1 is 0.702 bits per heavy atom. The summed E-state index contributed by atoms with van der Waals surface area (Å²) in [6.07, 6.45) is 26.0. The van der Waals surface area contributed by atoms with Crippen LogP contribution in [0.2, 0.25) is 0 Å². The van der Waals surface area contributed by atoms with E-state index in [4.69, 9.17) is 9.47 Å². The van der Waals surface area contributed by atoms with Gasteiger partial charge in [-0.05, 0) is 38.5 Å². The van der Waals surface area contributed by atoms with Gasteiger partial charge in [-0.15, -0.1) is 0 Å². The van der Waals surface area contributed by atoms with Crippen molar-refractivity contribution >= 4 is 5.91 Å². The van der Waals surface area contributed by atoms with Gasteiger partial charge in [0.25, 0.3) is 0 Å². The summed E-state index contributed by atoms with van der Waals surface area (Å²) in [7, 11) is 0. The molecule has 6 N–H and O–H groups in total. The fourth-order valence-electron chi connectivity index (χ4n) is 5.86. The molecule has 1 aliphatic rings. The summed E-state index contributed by atoms with van der Waals surface area (Å²) < 4.78 is 11.0. The van der Waals surface area contributed by atoms with Crippen molar-refractivity contribution in [3.05, 3.63) is 24.3 Å². The van der Waals surface area contributed by atoms with Crippen LogP contribution < -0.4 is 5.32 Å². The Kier molecular flexibility index (Phi) is 27.5. The fraction of sp³-hybridized carbons (Fsp3) is 0.868. The lowest BCUT2D eigenvalue weighted by Crippen LogP contribution is -2.60. The van der Waals surface area contributed by atoms with Crippen molar-refractivity contribution < 1.29 is 39.8 Å². The number of aliphatic hydroxyl groups excluding tert-OH is 5. The summed E-state index contributed by atoms with van der Waals surface area (Å²) >= 11 is 0. The first kappa shape index (κ1) is 43.7. The summed E-state index contributed by atoms with van der Waals surface area (Å²) in [5.41, 5.74) is 0. The number of rotatable bonds is 30. The molecule has 47 heavy (non-hydrogen) atoms. The highest BCUT2D eigenvalue weighted by molar-refractivity contribution is 5.76. The van der Waals surface area contributed by atoms with E-state index in [1.54, 1.807) is 6.08 Å². The molecule has 0 radical (unpaired) electrons. The molecule has 0 saturated carbocycles. The molecule has 9 nitrogen and oxygen atoms in total. The van der Waals surface area contributed by atoms with Crippen molar-refractivity contribution in [1.29, 1.82) is 0 Å². The zero-order valence-electron chi connectivity index (χ0n) is 29.8. The number of allylic oxidation sites excluding steroid dienone is 3. The second-order valence-corrected chi connectivity index (χ2v) is 13.4. The van der Waals surface area contributed by atoms with Gasteiger partial charge in [0.15, 0.2) is 6.29 Å². The van der Waals surface area contributed by atoms with Gasteiger partial charge in [-0.2, -0.15) is 0 Å². The minimum atomic E-state index is -1.56. The van der Waals surface area contributed by atoms with E-state index in [0.717, 1.165) is 32.1 Å². The molecule has 1 fully saturated rings. The number of hydrogen-bond acceptors (Lipinski definition) is 8. The van der Waals surface area contributed by atoms with E-state index < -0.39 is 49.5 Å². The number of unbranched alkanes of at least 4 members (excludes halogenated alkanes) is 18. The van der Waals surface area contributed by atoms with Crippen LogP contribution in [0.3, 0.4) is 0 Å². The number of carbonyl (C=O) groups excluding carboxylic acids is 1. The smallest absolute Gasteiger partial charge is 0.220 e. The third kappa shape index (κ3) is 21.4. The van der Waals surface area contributed by atoms with Gasteiger partial charge in [0.05, 0.1) is 25.4 Å². The van der Waals surface area contributed by atoms with E-state index in [1.807, 2.05) is 13.0 Å². The first-order valence-corrected chi connectivity index (χ1v) is 19.1. The summed E-state index contributed by atoms with van der Waals surface area (Å²) in [6.45, 7) is 3.54. The molecule has 1 rings (SSSR count). The maximum absolute atomic E-state index is 12.7. The molecule has 1 aliphatic heterocycles. The molecule has 1 saturated heterocycles. The Hall–Kier alpha value is -1.33. The monoisotopic (exact) mass is 670 g/mol.